The number of amides is 1. The van der Waals surface area contributed by atoms with Gasteiger partial charge < -0.3 is 14.7 Å². The Labute approximate surface area is 125 Å². The number of carbonyl (C=O) groups excluding carboxylic acids is 1. The van der Waals surface area contributed by atoms with E-state index < -0.39 is 5.60 Å². The van der Waals surface area contributed by atoms with Crippen LogP contribution in [0, 0.1) is 5.92 Å². The van der Waals surface area contributed by atoms with Crippen molar-refractivity contribution in [3.05, 3.63) is 29.8 Å². The Kier molecular flexibility index (Phi) is 3.89. The van der Waals surface area contributed by atoms with Gasteiger partial charge in [-0.2, -0.15) is 0 Å². The van der Waals surface area contributed by atoms with Gasteiger partial charge in [0.05, 0.1) is 12.7 Å². The molecule has 1 amide bonds. The predicted molar refractivity (Wildman–Crippen MR) is 80.4 cm³/mol. The molecule has 4 nitrogen and oxygen atoms in total. The van der Waals surface area contributed by atoms with Gasteiger partial charge in [0.25, 0.3) is 5.91 Å². The molecule has 0 radical (unpaired) electrons. The number of rotatable bonds is 2. The van der Waals surface area contributed by atoms with Gasteiger partial charge in [-0.05, 0) is 43.5 Å². The summed E-state index contributed by atoms with van der Waals surface area (Å²) in [6.45, 7) is 1.33. The number of benzene rings is 1. The summed E-state index contributed by atoms with van der Waals surface area (Å²) >= 11 is 0. The molecule has 1 heterocycles. The van der Waals surface area contributed by atoms with E-state index in [1.165, 1.54) is 0 Å². The number of likely N-dealkylation sites (tertiary alicyclic amines) is 1. The number of fused-ring (bicyclic) bond motifs is 1. The van der Waals surface area contributed by atoms with E-state index in [0.29, 0.717) is 25.1 Å². The van der Waals surface area contributed by atoms with Crippen LogP contribution in [0.3, 0.4) is 0 Å². The van der Waals surface area contributed by atoms with E-state index in [1.807, 2.05) is 29.2 Å². The molecule has 1 aliphatic heterocycles. The Morgan fingerprint density at radius 2 is 2.05 bits per heavy atom. The molecule has 1 N–H and O–H groups in total. The zero-order chi connectivity index (χ0) is 14.9. The van der Waals surface area contributed by atoms with Gasteiger partial charge >= 0.3 is 0 Å². The molecule has 1 saturated carbocycles. The maximum absolute atomic E-state index is 12.6. The number of ether oxygens (including phenoxy) is 1. The number of piperidine rings is 1. The highest BCUT2D eigenvalue weighted by Crippen LogP contribution is 2.40. The fourth-order valence-electron chi connectivity index (χ4n) is 3.67. The third-order valence-electron chi connectivity index (χ3n) is 5.05. The monoisotopic (exact) mass is 289 g/mol. The molecule has 0 aromatic heterocycles. The van der Waals surface area contributed by atoms with Crippen LogP contribution in [-0.4, -0.2) is 41.7 Å². The van der Waals surface area contributed by atoms with E-state index in [4.69, 9.17) is 4.74 Å². The van der Waals surface area contributed by atoms with Gasteiger partial charge in [0.1, 0.15) is 5.75 Å². The van der Waals surface area contributed by atoms with Gasteiger partial charge in [0, 0.05) is 24.6 Å². The van der Waals surface area contributed by atoms with Crippen molar-refractivity contribution >= 4 is 5.91 Å². The van der Waals surface area contributed by atoms with Crippen molar-refractivity contribution in [2.45, 2.75) is 37.7 Å². The van der Waals surface area contributed by atoms with E-state index in [9.17, 15) is 9.90 Å². The quantitative estimate of drug-likeness (QED) is 0.910. The second kappa shape index (κ2) is 5.68. The summed E-state index contributed by atoms with van der Waals surface area (Å²) in [4.78, 5) is 14.5. The fraction of sp³-hybridized carbons (Fsp3) is 0.588. The molecular formula is C17H23NO3. The lowest BCUT2D eigenvalue weighted by molar-refractivity contribution is -0.0886. The van der Waals surface area contributed by atoms with Crippen LogP contribution in [0.4, 0.5) is 0 Å². The van der Waals surface area contributed by atoms with Crippen LogP contribution in [0.1, 0.15) is 42.5 Å². The van der Waals surface area contributed by atoms with E-state index in [1.54, 1.807) is 7.11 Å². The molecule has 114 valence electrons. The van der Waals surface area contributed by atoms with Crippen LogP contribution in [0.5, 0.6) is 5.75 Å². The Balaban J connectivity index is 1.70. The van der Waals surface area contributed by atoms with Crippen molar-refractivity contribution in [1.29, 1.82) is 0 Å². The Morgan fingerprint density at radius 3 is 2.76 bits per heavy atom. The largest absolute Gasteiger partial charge is 0.497 e. The first kappa shape index (κ1) is 14.4. The van der Waals surface area contributed by atoms with E-state index >= 15 is 0 Å². The van der Waals surface area contributed by atoms with Crippen LogP contribution in [0.25, 0.3) is 0 Å². The number of hydrogen-bond acceptors (Lipinski definition) is 3. The first-order valence-corrected chi connectivity index (χ1v) is 7.78. The van der Waals surface area contributed by atoms with Crippen LogP contribution in [0.2, 0.25) is 0 Å². The lowest BCUT2D eigenvalue weighted by Gasteiger charge is -2.47. The van der Waals surface area contributed by atoms with Gasteiger partial charge in [-0.1, -0.05) is 12.8 Å². The predicted octanol–water partition coefficient (Wildman–Crippen LogP) is 2.46. The van der Waals surface area contributed by atoms with Crippen molar-refractivity contribution in [3.63, 3.8) is 0 Å². The Bertz CT molecular complexity index is 513. The van der Waals surface area contributed by atoms with Gasteiger partial charge in [-0.15, -0.1) is 0 Å². The lowest BCUT2D eigenvalue weighted by atomic mass is 9.71. The first-order valence-electron chi connectivity index (χ1n) is 7.78. The second-order valence-electron chi connectivity index (χ2n) is 6.28. The average molecular weight is 289 g/mol. The SMILES string of the molecule is COc1ccc(C(=O)N2CC[C@]3(O)CCCCC3C2)cc1. The first-order chi connectivity index (χ1) is 10.1. The molecule has 0 spiro atoms. The van der Waals surface area contributed by atoms with Crippen LogP contribution >= 0.6 is 0 Å². The smallest absolute Gasteiger partial charge is 0.253 e. The van der Waals surface area contributed by atoms with E-state index in [-0.39, 0.29) is 11.8 Å². The van der Waals surface area contributed by atoms with Crippen LogP contribution in [-0.2, 0) is 0 Å². The third-order valence-corrected chi connectivity index (χ3v) is 5.05. The fourth-order valence-corrected chi connectivity index (χ4v) is 3.67. The van der Waals surface area contributed by atoms with Crippen molar-refractivity contribution < 1.29 is 14.6 Å². The molecule has 3 rings (SSSR count). The molecular weight excluding hydrogens is 266 g/mol. The van der Waals surface area contributed by atoms with Crippen molar-refractivity contribution in [2.75, 3.05) is 20.2 Å². The highest BCUT2D eigenvalue weighted by atomic mass is 16.5. The number of aliphatic hydroxyl groups is 1. The molecule has 1 aliphatic carbocycles. The van der Waals surface area contributed by atoms with Gasteiger partial charge in [0.2, 0.25) is 0 Å². The van der Waals surface area contributed by atoms with Crippen molar-refractivity contribution in [2.24, 2.45) is 5.92 Å². The summed E-state index contributed by atoms with van der Waals surface area (Å²) < 4.78 is 5.12. The summed E-state index contributed by atoms with van der Waals surface area (Å²) in [6.07, 6.45) is 4.90. The molecule has 4 heteroatoms. The normalized spacial score (nSPS) is 28.9. The number of methoxy groups -OCH3 is 1. The summed E-state index contributed by atoms with van der Waals surface area (Å²) in [7, 11) is 1.62. The van der Waals surface area contributed by atoms with Crippen LogP contribution in [0.15, 0.2) is 24.3 Å². The van der Waals surface area contributed by atoms with Crippen molar-refractivity contribution in [1.82, 2.24) is 4.90 Å². The average Bonchev–Trinajstić information content (AvgIpc) is 2.53. The summed E-state index contributed by atoms with van der Waals surface area (Å²) in [5.74, 6) is 1.05. The van der Waals surface area contributed by atoms with E-state index in [0.717, 1.165) is 31.4 Å². The molecule has 2 atom stereocenters. The zero-order valence-corrected chi connectivity index (χ0v) is 12.5. The summed E-state index contributed by atoms with van der Waals surface area (Å²) in [5, 5.41) is 10.7. The zero-order valence-electron chi connectivity index (χ0n) is 12.5. The Hall–Kier alpha value is -1.55. The van der Waals surface area contributed by atoms with Crippen LogP contribution < -0.4 is 4.74 Å². The minimum absolute atomic E-state index is 0.0604. The Morgan fingerprint density at radius 1 is 1.29 bits per heavy atom. The lowest BCUT2D eigenvalue weighted by Crippen LogP contribution is -2.54. The molecule has 2 fully saturated rings. The molecule has 21 heavy (non-hydrogen) atoms. The number of carbonyl (C=O) groups is 1. The maximum atomic E-state index is 12.6. The summed E-state index contributed by atoms with van der Waals surface area (Å²) in [6, 6.07) is 7.24. The molecule has 1 aromatic rings. The molecule has 1 aromatic carbocycles. The summed E-state index contributed by atoms with van der Waals surface area (Å²) in [5.41, 5.74) is 0.159. The number of hydrogen-bond donors (Lipinski definition) is 1. The standard InChI is InChI=1S/C17H23NO3/c1-21-15-7-5-13(6-8-15)16(19)18-11-10-17(20)9-3-2-4-14(17)12-18/h5-8,14,20H,2-4,9-12H2,1H3/t14?,17-/m1/s1. The topological polar surface area (TPSA) is 49.8 Å². The van der Waals surface area contributed by atoms with Gasteiger partial charge in [0.15, 0.2) is 0 Å². The van der Waals surface area contributed by atoms with Gasteiger partial charge in [-0.3, -0.25) is 4.79 Å². The maximum Gasteiger partial charge on any atom is 0.253 e. The van der Waals surface area contributed by atoms with Crippen molar-refractivity contribution in [3.8, 4) is 5.75 Å². The van der Waals surface area contributed by atoms with E-state index in [2.05, 4.69) is 0 Å². The third kappa shape index (κ3) is 2.77. The highest BCUT2D eigenvalue weighted by molar-refractivity contribution is 5.94. The molecule has 1 saturated heterocycles. The molecule has 2 aliphatic rings. The number of nitrogens with zero attached hydrogens (tertiary/aromatic N) is 1. The van der Waals surface area contributed by atoms with Gasteiger partial charge in [-0.25, -0.2) is 0 Å². The minimum Gasteiger partial charge on any atom is -0.497 e. The second-order valence-corrected chi connectivity index (χ2v) is 6.28. The highest BCUT2D eigenvalue weighted by Gasteiger charge is 2.43. The molecule has 0 bridgehead atoms. The minimum atomic E-state index is -0.533. The molecule has 1 unspecified atom stereocenters.